The fourth-order valence-electron chi connectivity index (χ4n) is 3.41. The molecule has 2 unspecified atom stereocenters. The van der Waals surface area contributed by atoms with Crippen LogP contribution in [0.4, 0.5) is 0 Å². The van der Waals surface area contributed by atoms with Gasteiger partial charge in [0, 0.05) is 38.0 Å². The summed E-state index contributed by atoms with van der Waals surface area (Å²) in [4.78, 5) is 30.6. The Hall–Kier alpha value is -1.76. The van der Waals surface area contributed by atoms with Crippen LogP contribution in [0.2, 0.25) is 0 Å². The molecule has 0 bridgehead atoms. The molecule has 1 saturated heterocycles. The predicted molar refractivity (Wildman–Crippen MR) is 101 cm³/mol. The molecule has 2 aliphatic rings. The van der Waals surface area contributed by atoms with Gasteiger partial charge in [-0.2, -0.15) is 0 Å². The number of rotatable bonds is 8. The van der Waals surface area contributed by atoms with Gasteiger partial charge in [0.1, 0.15) is 6.54 Å². The molecule has 0 aromatic heterocycles. The second kappa shape index (κ2) is 9.80. The molecule has 2 atom stereocenters. The zero-order valence-electron chi connectivity index (χ0n) is 16.6. The lowest BCUT2D eigenvalue weighted by Crippen LogP contribution is -2.45. The van der Waals surface area contributed by atoms with Crippen molar-refractivity contribution in [3.8, 4) is 0 Å². The van der Waals surface area contributed by atoms with Crippen molar-refractivity contribution < 1.29 is 14.3 Å². The maximum atomic E-state index is 12.5. The normalized spacial score (nSPS) is 21.8. The quantitative estimate of drug-likeness (QED) is 0.655. The van der Waals surface area contributed by atoms with Crippen molar-refractivity contribution in [2.45, 2.75) is 64.3 Å². The van der Waals surface area contributed by atoms with Gasteiger partial charge in [-0.15, -0.1) is 0 Å². The number of nitrogens with zero attached hydrogens (tertiary/aromatic N) is 3. The topological polar surface area (TPSA) is 65.1 Å². The van der Waals surface area contributed by atoms with E-state index in [1.807, 2.05) is 36.0 Å². The zero-order chi connectivity index (χ0) is 19.1. The molecule has 2 heterocycles. The highest BCUT2D eigenvalue weighted by Crippen LogP contribution is 2.17. The second-order valence-corrected chi connectivity index (χ2v) is 7.49. The van der Waals surface area contributed by atoms with Crippen LogP contribution in [0.15, 0.2) is 12.4 Å². The number of esters is 1. The Morgan fingerprint density at radius 3 is 2.62 bits per heavy atom. The van der Waals surface area contributed by atoms with Crippen LogP contribution >= 0.6 is 0 Å². The van der Waals surface area contributed by atoms with Crippen molar-refractivity contribution in [1.29, 1.82) is 0 Å². The average molecular weight is 367 g/mol. The standard InChI is InChI=1S/C19H34N4O3/c1-5-15(2)26-19(25)14-23-13-10-20-17(23)6-7-18(24)22-11-8-16(9-12-22)21(3)4/h10,13,15-17,20H,5-9,11-12,14H2,1-4H3. The molecular weight excluding hydrogens is 332 g/mol. The maximum Gasteiger partial charge on any atom is 0.325 e. The lowest BCUT2D eigenvalue weighted by atomic mass is 10.0. The van der Waals surface area contributed by atoms with E-state index in [4.69, 9.17) is 4.74 Å². The molecule has 148 valence electrons. The van der Waals surface area contributed by atoms with Crippen molar-refractivity contribution in [3.05, 3.63) is 12.4 Å². The summed E-state index contributed by atoms with van der Waals surface area (Å²) >= 11 is 0. The minimum atomic E-state index is -0.227. The Morgan fingerprint density at radius 1 is 1.31 bits per heavy atom. The first-order valence-corrected chi connectivity index (χ1v) is 9.72. The molecular formula is C19H34N4O3. The smallest absolute Gasteiger partial charge is 0.325 e. The Kier molecular flexibility index (Phi) is 7.75. The first-order valence-electron chi connectivity index (χ1n) is 9.72. The molecule has 7 heteroatoms. The van der Waals surface area contributed by atoms with E-state index in [0.717, 1.165) is 32.4 Å². The molecule has 26 heavy (non-hydrogen) atoms. The summed E-state index contributed by atoms with van der Waals surface area (Å²) in [6.45, 7) is 5.77. The SMILES string of the molecule is CCC(C)OC(=O)CN1C=CNC1CCC(=O)N1CCC(N(C)C)CC1. The summed E-state index contributed by atoms with van der Waals surface area (Å²) in [6.07, 6.45) is 7.64. The van der Waals surface area contributed by atoms with Crippen molar-refractivity contribution in [2.75, 3.05) is 33.7 Å². The van der Waals surface area contributed by atoms with Gasteiger partial charge < -0.3 is 24.8 Å². The van der Waals surface area contributed by atoms with Gasteiger partial charge in [-0.3, -0.25) is 9.59 Å². The van der Waals surface area contributed by atoms with E-state index in [-0.39, 0.29) is 30.7 Å². The van der Waals surface area contributed by atoms with Crippen LogP contribution < -0.4 is 5.32 Å². The highest BCUT2D eigenvalue weighted by atomic mass is 16.5. The molecule has 0 spiro atoms. The number of carbonyl (C=O) groups is 2. The molecule has 0 saturated carbocycles. The first kappa shape index (κ1) is 20.6. The number of hydrogen-bond donors (Lipinski definition) is 1. The van der Waals surface area contributed by atoms with E-state index < -0.39 is 0 Å². The van der Waals surface area contributed by atoms with Crippen LogP contribution in [0, 0.1) is 0 Å². The largest absolute Gasteiger partial charge is 0.461 e. The van der Waals surface area contributed by atoms with Crippen molar-refractivity contribution in [2.24, 2.45) is 0 Å². The molecule has 7 nitrogen and oxygen atoms in total. The van der Waals surface area contributed by atoms with Gasteiger partial charge in [0.2, 0.25) is 5.91 Å². The van der Waals surface area contributed by atoms with Gasteiger partial charge in [0.25, 0.3) is 0 Å². The van der Waals surface area contributed by atoms with Crippen LogP contribution in [0.25, 0.3) is 0 Å². The van der Waals surface area contributed by atoms with Crippen molar-refractivity contribution in [1.82, 2.24) is 20.0 Å². The van der Waals surface area contributed by atoms with E-state index in [0.29, 0.717) is 18.9 Å². The minimum Gasteiger partial charge on any atom is -0.461 e. The maximum absolute atomic E-state index is 12.5. The number of likely N-dealkylation sites (tertiary alicyclic amines) is 1. The molecule has 0 radical (unpaired) electrons. The number of carbonyl (C=O) groups excluding carboxylic acids is 2. The Bertz CT molecular complexity index is 501. The van der Waals surface area contributed by atoms with E-state index in [1.165, 1.54) is 0 Å². The van der Waals surface area contributed by atoms with Crippen LogP contribution in [0.5, 0.6) is 0 Å². The van der Waals surface area contributed by atoms with Gasteiger partial charge >= 0.3 is 5.97 Å². The summed E-state index contributed by atoms with van der Waals surface area (Å²) in [5.74, 6) is -0.0205. The van der Waals surface area contributed by atoms with E-state index in [1.54, 1.807) is 0 Å². The fourth-order valence-corrected chi connectivity index (χ4v) is 3.41. The molecule has 0 aliphatic carbocycles. The minimum absolute atomic E-state index is 0.0252. The third kappa shape index (κ3) is 5.90. The van der Waals surface area contributed by atoms with Crippen molar-refractivity contribution >= 4 is 11.9 Å². The third-order valence-corrected chi connectivity index (χ3v) is 5.35. The summed E-state index contributed by atoms with van der Waals surface area (Å²) in [7, 11) is 4.20. The monoisotopic (exact) mass is 366 g/mol. The van der Waals surface area contributed by atoms with Crippen LogP contribution in [-0.2, 0) is 14.3 Å². The summed E-state index contributed by atoms with van der Waals surface area (Å²) in [6, 6.07) is 0.576. The zero-order valence-corrected chi connectivity index (χ0v) is 16.6. The number of piperidine rings is 1. The number of ether oxygens (including phenoxy) is 1. The fraction of sp³-hybridized carbons (Fsp3) is 0.789. The number of amides is 1. The number of nitrogens with one attached hydrogen (secondary N) is 1. The predicted octanol–water partition coefficient (Wildman–Crippen LogP) is 1.36. The summed E-state index contributed by atoms with van der Waals surface area (Å²) in [5.41, 5.74) is 0. The first-order chi connectivity index (χ1) is 12.4. The third-order valence-electron chi connectivity index (χ3n) is 5.35. The van der Waals surface area contributed by atoms with Crippen LogP contribution in [-0.4, -0.2) is 78.6 Å². The lowest BCUT2D eigenvalue weighted by Gasteiger charge is -2.35. The highest BCUT2D eigenvalue weighted by molar-refractivity contribution is 5.76. The van der Waals surface area contributed by atoms with Gasteiger partial charge in [0.05, 0.1) is 12.3 Å². The van der Waals surface area contributed by atoms with Gasteiger partial charge in [0.15, 0.2) is 0 Å². The highest BCUT2D eigenvalue weighted by Gasteiger charge is 2.26. The molecule has 0 aromatic rings. The van der Waals surface area contributed by atoms with Gasteiger partial charge in [-0.25, -0.2) is 0 Å². The molecule has 0 aromatic carbocycles. The van der Waals surface area contributed by atoms with Crippen LogP contribution in [0.3, 0.4) is 0 Å². The summed E-state index contributed by atoms with van der Waals surface area (Å²) in [5, 5.41) is 3.22. The van der Waals surface area contributed by atoms with Gasteiger partial charge in [-0.05, 0) is 46.7 Å². The van der Waals surface area contributed by atoms with Crippen molar-refractivity contribution in [3.63, 3.8) is 0 Å². The lowest BCUT2D eigenvalue weighted by molar-refractivity contribution is -0.149. The Labute approximate surface area is 157 Å². The second-order valence-electron chi connectivity index (χ2n) is 7.49. The Balaban J connectivity index is 1.72. The average Bonchev–Trinajstić information content (AvgIpc) is 3.06. The van der Waals surface area contributed by atoms with E-state index in [2.05, 4.69) is 24.3 Å². The molecule has 2 rings (SSSR count). The molecule has 1 N–H and O–H groups in total. The summed E-state index contributed by atoms with van der Waals surface area (Å²) < 4.78 is 5.34. The molecule has 1 fully saturated rings. The number of hydrogen-bond acceptors (Lipinski definition) is 6. The Morgan fingerprint density at radius 2 is 2.00 bits per heavy atom. The molecule has 1 amide bonds. The van der Waals surface area contributed by atoms with E-state index in [9.17, 15) is 9.59 Å². The van der Waals surface area contributed by atoms with Crippen LogP contribution in [0.1, 0.15) is 46.0 Å². The van der Waals surface area contributed by atoms with Gasteiger partial charge in [-0.1, -0.05) is 6.92 Å². The molecule has 2 aliphatic heterocycles. The van der Waals surface area contributed by atoms with E-state index >= 15 is 0 Å².